The van der Waals surface area contributed by atoms with Crippen LogP contribution in [0, 0.1) is 6.92 Å². The predicted octanol–water partition coefficient (Wildman–Crippen LogP) is 3.83. The van der Waals surface area contributed by atoms with Crippen LogP contribution in [0.25, 0.3) is 0 Å². The molecule has 0 saturated heterocycles. The van der Waals surface area contributed by atoms with Crippen LogP contribution in [0.2, 0.25) is 0 Å². The van der Waals surface area contributed by atoms with E-state index in [2.05, 4.69) is 15.9 Å². The molecule has 0 aliphatic heterocycles. The van der Waals surface area contributed by atoms with E-state index in [9.17, 15) is 4.79 Å². The van der Waals surface area contributed by atoms with Gasteiger partial charge in [0.1, 0.15) is 5.75 Å². The zero-order valence-corrected chi connectivity index (χ0v) is 13.8. The number of rotatable bonds is 3. The van der Waals surface area contributed by atoms with E-state index < -0.39 is 0 Å². The minimum absolute atomic E-state index is 0.0918. The fourth-order valence-corrected chi connectivity index (χ4v) is 2.16. The number of hydrogen-bond donors (Lipinski definition) is 1. The number of carbonyl (C=O) groups excluding carboxylic acids is 1. The van der Waals surface area contributed by atoms with Gasteiger partial charge in [0.15, 0.2) is 5.75 Å². The van der Waals surface area contributed by atoms with Crippen LogP contribution in [-0.2, 0) is 0 Å². The van der Waals surface area contributed by atoms with Crippen LogP contribution in [0.4, 0.5) is 5.69 Å². The quantitative estimate of drug-likeness (QED) is 0.857. The van der Waals surface area contributed by atoms with Gasteiger partial charge in [-0.3, -0.25) is 4.79 Å². The Labute approximate surface area is 132 Å². The Morgan fingerprint density at radius 3 is 2.52 bits per heavy atom. The van der Waals surface area contributed by atoms with Crippen LogP contribution in [0.5, 0.6) is 11.5 Å². The number of nitrogens with two attached hydrogens (primary N) is 1. The molecule has 0 aromatic heterocycles. The predicted molar refractivity (Wildman–Crippen MR) is 87.8 cm³/mol. The van der Waals surface area contributed by atoms with Crippen molar-refractivity contribution in [1.82, 2.24) is 4.90 Å². The lowest BCUT2D eigenvalue weighted by Gasteiger charge is -2.14. The molecule has 1 amide bonds. The Balaban J connectivity index is 2.37. The summed E-state index contributed by atoms with van der Waals surface area (Å²) < 4.78 is 6.78. The summed E-state index contributed by atoms with van der Waals surface area (Å²) in [5.41, 5.74) is 7.96. The number of carbonyl (C=O) groups is 1. The van der Waals surface area contributed by atoms with Gasteiger partial charge < -0.3 is 15.4 Å². The summed E-state index contributed by atoms with van der Waals surface area (Å²) >= 11 is 3.41. The van der Waals surface area contributed by atoms with Crippen molar-refractivity contribution >= 4 is 27.5 Å². The Morgan fingerprint density at radius 1 is 1.14 bits per heavy atom. The molecule has 0 spiro atoms. The van der Waals surface area contributed by atoms with E-state index in [1.165, 1.54) is 4.90 Å². The lowest BCUT2D eigenvalue weighted by atomic mass is 10.1. The first-order chi connectivity index (χ1) is 9.88. The van der Waals surface area contributed by atoms with Crippen molar-refractivity contribution in [2.24, 2.45) is 0 Å². The minimum atomic E-state index is -0.0918. The number of halogens is 1. The first-order valence-electron chi connectivity index (χ1n) is 6.43. The molecule has 2 aromatic carbocycles. The second-order valence-electron chi connectivity index (χ2n) is 4.96. The lowest BCUT2D eigenvalue weighted by Crippen LogP contribution is -2.21. The molecule has 5 heteroatoms. The molecule has 0 fully saturated rings. The van der Waals surface area contributed by atoms with Crippen LogP contribution >= 0.6 is 15.9 Å². The van der Waals surface area contributed by atoms with Gasteiger partial charge in [0.25, 0.3) is 5.91 Å². The minimum Gasteiger partial charge on any atom is -0.455 e. The van der Waals surface area contributed by atoms with Crippen molar-refractivity contribution in [3.8, 4) is 11.5 Å². The van der Waals surface area contributed by atoms with Gasteiger partial charge in [-0.25, -0.2) is 0 Å². The van der Waals surface area contributed by atoms with Crippen molar-refractivity contribution in [1.29, 1.82) is 0 Å². The average molecular weight is 349 g/mol. The second-order valence-corrected chi connectivity index (χ2v) is 5.88. The topological polar surface area (TPSA) is 55.6 Å². The molecule has 0 heterocycles. The van der Waals surface area contributed by atoms with Crippen LogP contribution in [0.3, 0.4) is 0 Å². The summed E-state index contributed by atoms with van der Waals surface area (Å²) in [6, 6.07) is 10.8. The molecule has 2 N–H and O–H groups in total. The zero-order valence-electron chi connectivity index (χ0n) is 12.2. The normalized spacial score (nSPS) is 10.3. The number of hydrogen-bond acceptors (Lipinski definition) is 3. The summed E-state index contributed by atoms with van der Waals surface area (Å²) in [6.45, 7) is 1.95. The van der Waals surface area contributed by atoms with Crippen LogP contribution in [0.1, 0.15) is 15.9 Å². The first kappa shape index (κ1) is 15.4. The first-order valence-corrected chi connectivity index (χ1v) is 7.23. The smallest absolute Gasteiger partial charge is 0.253 e. The molecular formula is C16H17BrN2O2. The van der Waals surface area contributed by atoms with Crippen LogP contribution in [-0.4, -0.2) is 24.9 Å². The molecule has 2 aromatic rings. The SMILES string of the molecule is Cc1ccc(Br)cc1Oc1cc(C(=O)N(C)C)ccc1N. The van der Waals surface area contributed by atoms with Crippen LogP contribution < -0.4 is 10.5 Å². The Morgan fingerprint density at radius 2 is 1.86 bits per heavy atom. The van der Waals surface area contributed by atoms with Crippen molar-refractivity contribution in [2.45, 2.75) is 6.92 Å². The number of ether oxygens (including phenoxy) is 1. The third kappa shape index (κ3) is 3.55. The van der Waals surface area contributed by atoms with Gasteiger partial charge in [-0.15, -0.1) is 0 Å². The van der Waals surface area contributed by atoms with Gasteiger partial charge in [0.05, 0.1) is 5.69 Å². The van der Waals surface area contributed by atoms with E-state index in [0.717, 1.165) is 10.0 Å². The van der Waals surface area contributed by atoms with E-state index in [1.807, 2.05) is 25.1 Å². The maximum Gasteiger partial charge on any atom is 0.253 e. The Bertz CT molecular complexity index is 684. The molecule has 0 radical (unpaired) electrons. The van der Waals surface area contributed by atoms with E-state index in [0.29, 0.717) is 22.7 Å². The molecule has 0 aliphatic carbocycles. The van der Waals surface area contributed by atoms with E-state index >= 15 is 0 Å². The van der Waals surface area contributed by atoms with Crippen molar-refractivity contribution < 1.29 is 9.53 Å². The fourth-order valence-electron chi connectivity index (χ4n) is 1.82. The van der Waals surface area contributed by atoms with Crippen LogP contribution in [0.15, 0.2) is 40.9 Å². The second kappa shape index (κ2) is 6.18. The molecule has 0 bridgehead atoms. The van der Waals surface area contributed by atoms with Gasteiger partial charge in [-0.05, 0) is 42.8 Å². The molecule has 21 heavy (non-hydrogen) atoms. The summed E-state index contributed by atoms with van der Waals surface area (Å²) in [4.78, 5) is 13.5. The third-order valence-corrected chi connectivity index (χ3v) is 3.53. The zero-order chi connectivity index (χ0) is 15.6. The average Bonchev–Trinajstić information content (AvgIpc) is 2.44. The van der Waals surface area contributed by atoms with Gasteiger partial charge >= 0.3 is 0 Å². The standard InChI is InChI=1S/C16H17BrN2O2/c1-10-4-6-12(17)9-14(10)21-15-8-11(5-7-13(15)18)16(20)19(2)3/h4-9H,18H2,1-3H3. The van der Waals surface area contributed by atoms with Gasteiger partial charge in [-0.1, -0.05) is 22.0 Å². The van der Waals surface area contributed by atoms with Crippen molar-refractivity contribution in [3.05, 3.63) is 52.0 Å². The van der Waals surface area contributed by atoms with E-state index in [1.54, 1.807) is 32.3 Å². The molecule has 110 valence electrons. The molecule has 0 unspecified atom stereocenters. The monoisotopic (exact) mass is 348 g/mol. The summed E-state index contributed by atoms with van der Waals surface area (Å²) in [5.74, 6) is 1.08. The highest BCUT2D eigenvalue weighted by Gasteiger charge is 2.12. The number of amides is 1. The van der Waals surface area contributed by atoms with Gasteiger partial charge in [0, 0.05) is 24.1 Å². The lowest BCUT2D eigenvalue weighted by molar-refractivity contribution is 0.0827. The molecule has 0 aliphatic rings. The Kier molecular flexibility index (Phi) is 4.53. The van der Waals surface area contributed by atoms with Crippen molar-refractivity contribution in [3.63, 3.8) is 0 Å². The number of nitrogens with zero attached hydrogens (tertiary/aromatic N) is 1. The summed E-state index contributed by atoms with van der Waals surface area (Å²) in [6.07, 6.45) is 0. The Hall–Kier alpha value is -2.01. The van der Waals surface area contributed by atoms with Crippen molar-refractivity contribution in [2.75, 3.05) is 19.8 Å². The highest BCUT2D eigenvalue weighted by atomic mass is 79.9. The third-order valence-electron chi connectivity index (χ3n) is 3.04. The largest absolute Gasteiger partial charge is 0.455 e. The molecular weight excluding hydrogens is 332 g/mol. The summed E-state index contributed by atoms with van der Waals surface area (Å²) in [5, 5.41) is 0. The molecule has 4 nitrogen and oxygen atoms in total. The maximum atomic E-state index is 12.0. The molecule has 2 rings (SSSR count). The highest BCUT2D eigenvalue weighted by Crippen LogP contribution is 2.32. The number of aryl methyl sites for hydroxylation is 1. The number of anilines is 1. The summed E-state index contributed by atoms with van der Waals surface area (Å²) in [7, 11) is 3.41. The molecule has 0 saturated carbocycles. The van der Waals surface area contributed by atoms with E-state index in [4.69, 9.17) is 10.5 Å². The molecule has 0 atom stereocenters. The fraction of sp³-hybridized carbons (Fsp3) is 0.188. The van der Waals surface area contributed by atoms with Gasteiger partial charge in [0.2, 0.25) is 0 Å². The number of nitrogen functional groups attached to an aromatic ring is 1. The van der Waals surface area contributed by atoms with E-state index in [-0.39, 0.29) is 5.91 Å². The highest BCUT2D eigenvalue weighted by molar-refractivity contribution is 9.10. The van der Waals surface area contributed by atoms with Gasteiger partial charge in [-0.2, -0.15) is 0 Å². The maximum absolute atomic E-state index is 12.0. The number of benzene rings is 2.